The number of amides is 1. The van der Waals surface area contributed by atoms with E-state index in [0.717, 1.165) is 25.8 Å². The van der Waals surface area contributed by atoms with Gasteiger partial charge in [-0.1, -0.05) is 50.6 Å². The first-order chi connectivity index (χ1) is 12.6. The van der Waals surface area contributed by atoms with Crippen molar-refractivity contribution in [1.82, 2.24) is 4.90 Å². The van der Waals surface area contributed by atoms with E-state index >= 15 is 0 Å². The number of allylic oxidation sites excluding steroid dienone is 1. The highest BCUT2D eigenvalue weighted by Gasteiger charge is 2.50. The van der Waals surface area contributed by atoms with E-state index in [4.69, 9.17) is 4.74 Å². The molecule has 2 aliphatic rings. The van der Waals surface area contributed by atoms with Crippen LogP contribution in [0.3, 0.4) is 0 Å². The summed E-state index contributed by atoms with van der Waals surface area (Å²) in [5, 5.41) is 0. The Bertz CT molecular complexity index is 644. The lowest BCUT2D eigenvalue weighted by Crippen LogP contribution is -2.47. The summed E-state index contributed by atoms with van der Waals surface area (Å²) in [5.74, 6) is 0. The maximum atomic E-state index is 12.5. The summed E-state index contributed by atoms with van der Waals surface area (Å²) in [6.45, 7) is 20.3. The Labute approximate surface area is 166 Å². The molecule has 1 aromatic rings. The molecule has 1 aliphatic heterocycles. The van der Waals surface area contributed by atoms with Crippen LogP contribution in [-0.4, -0.2) is 29.2 Å². The monoisotopic (exact) mass is 373 g/mol. The second-order valence-electron chi connectivity index (χ2n) is 8.46. The van der Waals surface area contributed by atoms with Crippen LogP contribution in [0.4, 0.5) is 4.79 Å². The predicted octanol–water partition coefficient (Wildman–Crippen LogP) is 6.43. The minimum Gasteiger partial charge on any atom is -0.444 e. The number of rotatable bonds is 0. The van der Waals surface area contributed by atoms with Crippen molar-refractivity contribution in [2.75, 3.05) is 6.54 Å². The Morgan fingerprint density at radius 2 is 1.93 bits per heavy atom. The zero-order valence-electron chi connectivity index (χ0n) is 18.7. The fraction of sp³-hybridized carbons (Fsp3) is 0.625. The molecule has 1 aromatic carbocycles. The van der Waals surface area contributed by atoms with Crippen molar-refractivity contribution in [3.63, 3.8) is 0 Å². The number of benzene rings is 1. The van der Waals surface area contributed by atoms with E-state index in [0.29, 0.717) is 0 Å². The van der Waals surface area contributed by atoms with Crippen LogP contribution < -0.4 is 0 Å². The summed E-state index contributed by atoms with van der Waals surface area (Å²) in [6.07, 6.45) is 4.70. The van der Waals surface area contributed by atoms with E-state index in [1.165, 1.54) is 16.7 Å². The van der Waals surface area contributed by atoms with Crippen LogP contribution in [-0.2, 0) is 16.6 Å². The van der Waals surface area contributed by atoms with Crippen molar-refractivity contribution in [2.24, 2.45) is 0 Å². The van der Waals surface area contributed by atoms with Gasteiger partial charge >= 0.3 is 6.09 Å². The predicted molar refractivity (Wildman–Crippen MR) is 115 cm³/mol. The topological polar surface area (TPSA) is 29.5 Å². The van der Waals surface area contributed by atoms with Crippen molar-refractivity contribution in [2.45, 2.75) is 91.7 Å². The quantitative estimate of drug-likeness (QED) is 0.491. The number of hydrogen-bond donors (Lipinski definition) is 0. The fourth-order valence-electron chi connectivity index (χ4n) is 4.13. The molecule has 152 valence electrons. The molecule has 0 radical (unpaired) electrons. The van der Waals surface area contributed by atoms with Crippen LogP contribution >= 0.6 is 0 Å². The molecule has 3 nitrogen and oxygen atoms in total. The lowest BCUT2D eigenvalue weighted by Gasteiger charge is -2.41. The Balaban J connectivity index is 0.000000665. The number of hydrogen-bond acceptors (Lipinski definition) is 2. The molecule has 0 aromatic heterocycles. The first-order valence-corrected chi connectivity index (χ1v) is 10.3. The Kier molecular flexibility index (Phi) is 8.13. The molecule has 1 heterocycles. The minimum absolute atomic E-state index is 0.0676. The third-order valence-corrected chi connectivity index (χ3v) is 5.17. The van der Waals surface area contributed by atoms with Gasteiger partial charge in [-0.3, -0.25) is 0 Å². The summed E-state index contributed by atoms with van der Waals surface area (Å²) >= 11 is 0. The third-order valence-electron chi connectivity index (χ3n) is 5.17. The van der Waals surface area contributed by atoms with Gasteiger partial charge in [0.25, 0.3) is 0 Å². The maximum absolute atomic E-state index is 12.5. The number of carbonyl (C=O) groups is 1. The van der Waals surface area contributed by atoms with E-state index in [-0.39, 0.29) is 17.6 Å². The normalized spacial score (nSPS) is 23.0. The smallest absolute Gasteiger partial charge is 0.410 e. The van der Waals surface area contributed by atoms with E-state index in [1.807, 2.05) is 46.4 Å². The summed E-state index contributed by atoms with van der Waals surface area (Å²) in [6, 6.07) is 7.04. The van der Waals surface area contributed by atoms with E-state index < -0.39 is 5.60 Å². The number of aryl methyl sites for hydroxylation is 2. The molecule has 2 atom stereocenters. The van der Waals surface area contributed by atoms with Crippen molar-refractivity contribution < 1.29 is 9.53 Å². The first kappa shape index (κ1) is 23.3. The average molecular weight is 374 g/mol. The van der Waals surface area contributed by atoms with Crippen LogP contribution in [0.2, 0.25) is 0 Å². The van der Waals surface area contributed by atoms with Gasteiger partial charge in [0.05, 0.1) is 0 Å². The first-order valence-electron chi connectivity index (χ1n) is 10.3. The Hall–Kier alpha value is -1.77. The van der Waals surface area contributed by atoms with Gasteiger partial charge in [0.2, 0.25) is 0 Å². The number of fused-ring (bicyclic) bond motifs is 3. The van der Waals surface area contributed by atoms with Crippen LogP contribution in [0.5, 0.6) is 0 Å². The lowest BCUT2D eigenvalue weighted by molar-refractivity contribution is 0.0186. The van der Waals surface area contributed by atoms with E-state index in [2.05, 4.69) is 38.6 Å². The van der Waals surface area contributed by atoms with Gasteiger partial charge in [-0.15, -0.1) is 6.58 Å². The number of nitrogens with zero attached hydrogens (tertiary/aromatic N) is 1. The van der Waals surface area contributed by atoms with Gasteiger partial charge in [-0.2, -0.15) is 0 Å². The van der Waals surface area contributed by atoms with E-state index in [1.54, 1.807) is 6.08 Å². The minimum atomic E-state index is -0.431. The second kappa shape index (κ2) is 9.43. The molecule has 1 amide bonds. The molecule has 0 saturated carbocycles. The van der Waals surface area contributed by atoms with Gasteiger partial charge in [0.15, 0.2) is 0 Å². The van der Waals surface area contributed by atoms with Gasteiger partial charge in [0.1, 0.15) is 5.60 Å². The van der Waals surface area contributed by atoms with Gasteiger partial charge < -0.3 is 9.64 Å². The van der Waals surface area contributed by atoms with E-state index in [9.17, 15) is 4.79 Å². The van der Waals surface area contributed by atoms with Gasteiger partial charge in [-0.05, 0) is 65.0 Å². The molecule has 0 spiro atoms. The molecule has 3 rings (SSSR count). The summed E-state index contributed by atoms with van der Waals surface area (Å²) in [4.78, 5) is 14.5. The molecule has 0 bridgehead atoms. The van der Waals surface area contributed by atoms with Crippen LogP contribution in [0.15, 0.2) is 30.9 Å². The van der Waals surface area contributed by atoms with Crippen molar-refractivity contribution in [3.8, 4) is 0 Å². The zero-order chi connectivity index (χ0) is 20.8. The second-order valence-corrected chi connectivity index (χ2v) is 8.46. The molecular formula is C24H39NO2. The molecular weight excluding hydrogens is 334 g/mol. The SMILES string of the molecule is C=CC.CC.Cc1ccc2c(c1)CCC1N(C(=O)OC(C)(C)C)CCC21C. The molecule has 0 N–H and O–H groups in total. The summed E-state index contributed by atoms with van der Waals surface area (Å²) < 4.78 is 5.61. The Morgan fingerprint density at radius 1 is 1.33 bits per heavy atom. The number of carbonyl (C=O) groups excluding carboxylic acids is 1. The maximum Gasteiger partial charge on any atom is 0.410 e. The standard InChI is InChI=1S/C19H27NO2.C3H6.C2H6/c1-13-6-8-15-14(12-13)7-9-16-19(15,5)10-11-20(16)17(21)22-18(2,3)4;1-3-2;1-2/h6,8,12,16H,7,9-11H2,1-5H3;3H,1H2,2H3;1-2H3. The Morgan fingerprint density at radius 3 is 2.48 bits per heavy atom. The average Bonchev–Trinajstić information content (AvgIpc) is 2.93. The highest BCUT2D eigenvalue weighted by Crippen LogP contribution is 2.47. The molecule has 3 heteroatoms. The van der Waals surface area contributed by atoms with Crippen LogP contribution in [0, 0.1) is 6.92 Å². The van der Waals surface area contributed by atoms with Crippen LogP contribution in [0.1, 0.15) is 78.0 Å². The largest absolute Gasteiger partial charge is 0.444 e. The van der Waals surface area contributed by atoms with Crippen molar-refractivity contribution in [1.29, 1.82) is 0 Å². The molecule has 27 heavy (non-hydrogen) atoms. The number of likely N-dealkylation sites (tertiary alicyclic amines) is 1. The summed E-state index contributed by atoms with van der Waals surface area (Å²) in [7, 11) is 0. The zero-order valence-corrected chi connectivity index (χ0v) is 18.7. The fourth-order valence-corrected chi connectivity index (χ4v) is 4.13. The van der Waals surface area contributed by atoms with Crippen molar-refractivity contribution in [3.05, 3.63) is 47.5 Å². The van der Waals surface area contributed by atoms with Crippen molar-refractivity contribution >= 4 is 6.09 Å². The molecule has 1 saturated heterocycles. The molecule has 2 unspecified atom stereocenters. The summed E-state index contributed by atoms with van der Waals surface area (Å²) in [5.41, 5.74) is 3.85. The lowest BCUT2D eigenvalue weighted by atomic mass is 9.68. The third kappa shape index (κ3) is 5.37. The number of ether oxygens (including phenoxy) is 1. The van der Waals surface area contributed by atoms with Gasteiger partial charge in [-0.25, -0.2) is 4.79 Å². The van der Waals surface area contributed by atoms with Gasteiger partial charge in [0, 0.05) is 18.0 Å². The molecule has 1 aliphatic carbocycles. The highest BCUT2D eigenvalue weighted by molar-refractivity contribution is 5.70. The highest BCUT2D eigenvalue weighted by atomic mass is 16.6. The molecule has 1 fully saturated rings. The van der Waals surface area contributed by atoms with Crippen LogP contribution in [0.25, 0.3) is 0 Å².